The summed E-state index contributed by atoms with van der Waals surface area (Å²) in [5.74, 6) is 0.125. The van der Waals surface area contributed by atoms with Crippen LogP contribution >= 0.6 is 0 Å². The molecule has 2 N–H and O–H groups in total. The van der Waals surface area contributed by atoms with Crippen LogP contribution in [0.1, 0.15) is 32.6 Å². The molecule has 1 aliphatic rings. The zero-order valence-corrected chi connectivity index (χ0v) is 11.3. The summed E-state index contributed by atoms with van der Waals surface area (Å²) in [5.41, 5.74) is 0. The molecule has 18 heavy (non-hydrogen) atoms. The lowest BCUT2D eigenvalue weighted by molar-refractivity contribution is -0.128. The fourth-order valence-corrected chi connectivity index (χ4v) is 2.37. The van der Waals surface area contributed by atoms with Gasteiger partial charge in [0.1, 0.15) is 0 Å². The number of carbonyl (C=O) groups excluding carboxylic acids is 2. The van der Waals surface area contributed by atoms with Gasteiger partial charge in [0.25, 0.3) is 0 Å². The molecule has 1 aliphatic heterocycles. The van der Waals surface area contributed by atoms with Crippen molar-refractivity contribution < 1.29 is 14.7 Å². The summed E-state index contributed by atoms with van der Waals surface area (Å²) in [4.78, 5) is 24.8. The second-order valence-corrected chi connectivity index (χ2v) is 5.09. The SMILES string of the molecule is CCCC(CCO)CNC(=O)C1CC(=O)N(C)C1. The Hall–Kier alpha value is -1.10. The second-order valence-electron chi connectivity index (χ2n) is 5.09. The smallest absolute Gasteiger partial charge is 0.225 e. The highest BCUT2D eigenvalue weighted by Crippen LogP contribution is 2.16. The lowest BCUT2D eigenvalue weighted by atomic mass is 9.99. The largest absolute Gasteiger partial charge is 0.396 e. The van der Waals surface area contributed by atoms with E-state index in [1.165, 1.54) is 0 Å². The second kappa shape index (κ2) is 7.36. The van der Waals surface area contributed by atoms with Crippen LogP contribution in [0.5, 0.6) is 0 Å². The average molecular weight is 256 g/mol. The van der Waals surface area contributed by atoms with E-state index in [9.17, 15) is 9.59 Å². The van der Waals surface area contributed by atoms with Crippen molar-refractivity contribution in [2.75, 3.05) is 26.7 Å². The third kappa shape index (κ3) is 4.29. The minimum absolute atomic E-state index is 0.0354. The Kier molecular flexibility index (Phi) is 6.12. The van der Waals surface area contributed by atoms with Crippen LogP contribution in [0.25, 0.3) is 0 Å². The van der Waals surface area contributed by atoms with Crippen molar-refractivity contribution in [3.05, 3.63) is 0 Å². The van der Waals surface area contributed by atoms with Gasteiger partial charge in [-0.05, 0) is 18.8 Å². The normalized spacial score (nSPS) is 21.2. The molecule has 1 rings (SSSR count). The van der Waals surface area contributed by atoms with Crippen LogP contribution < -0.4 is 5.32 Å². The lowest BCUT2D eigenvalue weighted by Crippen LogP contribution is -2.35. The van der Waals surface area contributed by atoms with Gasteiger partial charge in [0.2, 0.25) is 11.8 Å². The molecular formula is C13H24N2O3. The van der Waals surface area contributed by atoms with E-state index in [1.807, 2.05) is 0 Å². The summed E-state index contributed by atoms with van der Waals surface area (Å²) < 4.78 is 0. The fourth-order valence-electron chi connectivity index (χ4n) is 2.37. The molecule has 2 unspecified atom stereocenters. The van der Waals surface area contributed by atoms with E-state index in [0.29, 0.717) is 25.4 Å². The lowest BCUT2D eigenvalue weighted by Gasteiger charge is -2.17. The predicted octanol–water partition coefficient (Wildman–Crippen LogP) is 0.380. The van der Waals surface area contributed by atoms with Crippen LogP contribution in [0.4, 0.5) is 0 Å². The van der Waals surface area contributed by atoms with Crippen molar-refractivity contribution in [2.45, 2.75) is 32.6 Å². The maximum absolute atomic E-state index is 11.9. The molecule has 0 aromatic rings. The first-order valence-corrected chi connectivity index (χ1v) is 6.71. The van der Waals surface area contributed by atoms with Gasteiger partial charge in [0.05, 0.1) is 5.92 Å². The number of aliphatic hydroxyl groups excluding tert-OH is 1. The van der Waals surface area contributed by atoms with E-state index < -0.39 is 0 Å². The van der Waals surface area contributed by atoms with Crippen molar-refractivity contribution in [3.63, 3.8) is 0 Å². The maximum atomic E-state index is 11.9. The van der Waals surface area contributed by atoms with Gasteiger partial charge in [-0.15, -0.1) is 0 Å². The van der Waals surface area contributed by atoms with Gasteiger partial charge in [-0.3, -0.25) is 9.59 Å². The first kappa shape index (κ1) is 15.0. The molecular weight excluding hydrogens is 232 g/mol. The summed E-state index contributed by atoms with van der Waals surface area (Å²) in [7, 11) is 1.72. The van der Waals surface area contributed by atoms with E-state index in [4.69, 9.17) is 5.11 Å². The number of amides is 2. The van der Waals surface area contributed by atoms with Crippen molar-refractivity contribution in [3.8, 4) is 0 Å². The number of aliphatic hydroxyl groups is 1. The predicted molar refractivity (Wildman–Crippen MR) is 68.9 cm³/mol. The Bertz CT molecular complexity index is 288. The molecule has 0 saturated carbocycles. The van der Waals surface area contributed by atoms with E-state index in [0.717, 1.165) is 19.3 Å². The van der Waals surface area contributed by atoms with E-state index in [-0.39, 0.29) is 24.3 Å². The summed E-state index contributed by atoms with van der Waals surface area (Å²) in [6.07, 6.45) is 3.09. The Balaban J connectivity index is 2.33. The Morgan fingerprint density at radius 1 is 1.56 bits per heavy atom. The van der Waals surface area contributed by atoms with Gasteiger partial charge in [0.15, 0.2) is 0 Å². The molecule has 0 aromatic carbocycles. The molecule has 5 nitrogen and oxygen atoms in total. The van der Waals surface area contributed by atoms with Gasteiger partial charge in [0, 0.05) is 33.2 Å². The third-order valence-corrected chi connectivity index (χ3v) is 3.51. The highest BCUT2D eigenvalue weighted by Gasteiger charge is 2.32. The monoisotopic (exact) mass is 256 g/mol. The van der Waals surface area contributed by atoms with Gasteiger partial charge >= 0.3 is 0 Å². The average Bonchev–Trinajstić information content (AvgIpc) is 2.67. The minimum Gasteiger partial charge on any atom is -0.396 e. The van der Waals surface area contributed by atoms with E-state index in [2.05, 4.69) is 12.2 Å². The molecule has 1 saturated heterocycles. The van der Waals surface area contributed by atoms with Crippen LogP contribution in [0.3, 0.4) is 0 Å². The summed E-state index contributed by atoms with van der Waals surface area (Å²) in [5, 5.41) is 11.9. The van der Waals surface area contributed by atoms with Gasteiger partial charge in [-0.2, -0.15) is 0 Å². The fraction of sp³-hybridized carbons (Fsp3) is 0.846. The Morgan fingerprint density at radius 3 is 2.78 bits per heavy atom. The molecule has 1 heterocycles. The van der Waals surface area contributed by atoms with Crippen LogP contribution in [0.2, 0.25) is 0 Å². The Morgan fingerprint density at radius 2 is 2.28 bits per heavy atom. The van der Waals surface area contributed by atoms with Crippen molar-refractivity contribution in [1.29, 1.82) is 0 Å². The van der Waals surface area contributed by atoms with Crippen molar-refractivity contribution >= 4 is 11.8 Å². The first-order valence-electron chi connectivity index (χ1n) is 6.71. The van der Waals surface area contributed by atoms with Crippen LogP contribution in [0.15, 0.2) is 0 Å². The molecule has 0 spiro atoms. The molecule has 2 amide bonds. The summed E-state index contributed by atoms with van der Waals surface area (Å²) in [6.45, 7) is 3.37. The van der Waals surface area contributed by atoms with E-state index in [1.54, 1.807) is 11.9 Å². The molecule has 0 aromatic heterocycles. The first-order chi connectivity index (χ1) is 8.58. The zero-order valence-electron chi connectivity index (χ0n) is 11.3. The quantitative estimate of drug-likeness (QED) is 0.692. The number of hydrogen-bond donors (Lipinski definition) is 2. The van der Waals surface area contributed by atoms with Crippen LogP contribution in [-0.2, 0) is 9.59 Å². The minimum atomic E-state index is -0.209. The molecule has 0 bridgehead atoms. The highest BCUT2D eigenvalue weighted by atomic mass is 16.3. The molecule has 0 aliphatic carbocycles. The number of nitrogens with zero attached hydrogens (tertiary/aromatic N) is 1. The zero-order chi connectivity index (χ0) is 13.5. The molecule has 104 valence electrons. The molecule has 0 radical (unpaired) electrons. The van der Waals surface area contributed by atoms with Gasteiger partial charge in [-0.1, -0.05) is 13.3 Å². The van der Waals surface area contributed by atoms with Crippen LogP contribution in [0, 0.1) is 11.8 Å². The highest BCUT2D eigenvalue weighted by molar-refractivity contribution is 5.89. The molecule has 1 fully saturated rings. The number of nitrogens with one attached hydrogen (secondary N) is 1. The standard InChI is InChI=1S/C13H24N2O3/c1-3-4-10(5-6-16)8-14-13(18)11-7-12(17)15(2)9-11/h10-11,16H,3-9H2,1-2H3,(H,14,18). The van der Waals surface area contributed by atoms with Crippen molar-refractivity contribution in [2.24, 2.45) is 11.8 Å². The van der Waals surface area contributed by atoms with E-state index >= 15 is 0 Å². The molecule has 5 heteroatoms. The number of hydrogen-bond acceptors (Lipinski definition) is 3. The van der Waals surface area contributed by atoms with Crippen molar-refractivity contribution in [1.82, 2.24) is 10.2 Å². The number of carbonyl (C=O) groups is 2. The third-order valence-electron chi connectivity index (χ3n) is 3.51. The maximum Gasteiger partial charge on any atom is 0.225 e. The number of likely N-dealkylation sites (tertiary alicyclic amines) is 1. The topological polar surface area (TPSA) is 69.6 Å². The summed E-state index contributed by atoms with van der Waals surface area (Å²) in [6, 6.07) is 0. The Labute approximate surface area is 109 Å². The van der Waals surface area contributed by atoms with Crippen LogP contribution in [-0.4, -0.2) is 48.6 Å². The summed E-state index contributed by atoms with van der Waals surface area (Å²) >= 11 is 0. The molecule has 2 atom stereocenters. The number of rotatable bonds is 7. The van der Waals surface area contributed by atoms with Gasteiger partial charge in [-0.25, -0.2) is 0 Å². The van der Waals surface area contributed by atoms with Gasteiger partial charge < -0.3 is 15.3 Å².